The molecule has 130 valence electrons. The average molecular weight is 426 g/mol. The van der Waals surface area contributed by atoms with Crippen molar-refractivity contribution in [1.82, 2.24) is 9.38 Å². The smallest absolute Gasteiger partial charge is 0.293 e. The first-order valence-corrected chi connectivity index (χ1v) is 9.26. The largest absolute Gasteiger partial charge is 0.374 e. The Hall–Kier alpha value is -2.50. The highest BCUT2D eigenvalue weighted by molar-refractivity contribution is 9.10. The molecule has 3 rings (SSSR count). The highest BCUT2D eigenvalue weighted by Crippen LogP contribution is 2.27. The fourth-order valence-electron chi connectivity index (χ4n) is 2.28. The van der Waals surface area contributed by atoms with Crippen molar-refractivity contribution < 1.29 is 13.3 Å². The highest BCUT2D eigenvalue weighted by Gasteiger charge is 2.19. The van der Waals surface area contributed by atoms with E-state index < -0.39 is 14.9 Å². The first-order chi connectivity index (χ1) is 11.7. The molecule has 11 heteroatoms. The normalized spacial score (nSPS) is 11.6. The maximum atomic E-state index is 11.3. The van der Waals surface area contributed by atoms with Crippen LogP contribution in [-0.2, 0) is 16.6 Å². The first-order valence-electron chi connectivity index (χ1n) is 6.92. The van der Waals surface area contributed by atoms with E-state index in [9.17, 15) is 18.5 Å². The van der Waals surface area contributed by atoms with Gasteiger partial charge in [-0.3, -0.25) is 10.1 Å². The average Bonchev–Trinajstić information content (AvgIpc) is 2.93. The summed E-state index contributed by atoms with van der Waals surface area (Å²) in [5.41, 5.74) is 1.20. The van der Waals surface area contributed by atoms with Crippen LogP contribution in [0.4, 0.5) is 11.4 Å². The summed E-state index contributed by atoms with van der Waals surface area (Å²) in [4.78, 5) is 14.6. The van der Waals surface area contributed by atoms with E-state index in [1.807, 2.05) is 22.7 Å². The third-order valence-corrected chi connectivity index (χ3v) is 4.80. The van der Waals surface area contributed by atoms with Gasteiger partial charge in [-0.05, 0) is 40.2 Å². The van der Waals surface area contributed by atoms with Crippen molar-refractivity contribution in [3.63, 3.8) is 0 Å². The number of nitrogens with two attached hydrogens (primary N) is 1. The number of pyridine rings is 1. The summed E-state index contributed by atoms with van der Waals surface area (Å²) >= 11 is 3.37. The summed E-state index contributed by atoms with van der Waals surface area (Å²) in [5, 5.41) is 19.1. The monoisotopic (exact) mass is 425 g/mol. The Labute approximate surface area is 150 Å². The van der Waals surface area contributed by atoms with Crippen molar-refractivity contribution in [1.29, 1.82) is 0 Å². The van der Waals surface area contributed by atoms with Gasteiger partial charge in [0.1, 0.15) is 11.3 Å². The fourth-order valence-corrected chi connectivity index (χ4v) is 3.16. The molecular formula is C14H12BrN5O4S. The van der Waals surface area contributed by atoms with Gasteiger partial charge in [-0.2, -0.15) is 0 Å². The zero-order chi connectivity index (χ0) is 18.2. The van der Waals surface area contributed by atoms with Gasteiger partial charge in [0.05, 0.1) is 22.1 Å². The van der Waals surface area contributed by atoms with Gasteiger partial charge >= 0.3 is 0 Å². The van der Waals surface area contributed by atoms with Crippen LogP contribution >= 0.6 is 15.9 Å². The van der Waals surface area contributed by atoms with E-state index in [0.29, 0.717) is 5.69 Å². The first kappa shape index (κ1) is 17.3. The Morgan fingerprint density at radius 3 is 2.72 bits per heavy atom. The fraction of sp³-hybridized carbons (Fsp3) is 0.0714. The van der Waals surface area contributed by atoms with Gasteiger partial charge in [0.2, 0.25) is 10.0 Å². The SMILES string of the molecule is NS(=O)(=O)c1ccc(NCc2cn3cc(Br)ccc3n2)c([N+](=O)[O-])c1. The topological polar surface area (TPSA) is 133 Å². The van der Waals surface area contributed by atoms with Crippen LogP contribution in [0.3, 0.4) is 0 Å². The van der Waals surface area contributed by atoms with Gasteiger partial charge in [-0.1, -0.05) is 0 Å². The number of rotatable bonds is 5. The second kappa shape index (κ2) is 6.43. The second-order valence-corrected chi connectivity index (χ2v) is 7.66. The molecule has 3 aromatic rings. The minimum Gasteiger partial charge on any atom is -0.374 e. The lowest BCUT2D eigenvalue weighted by molar-refractivity contribution is -0.384. The molecule has 0 saturated heterocycles. The van der Waals surface area contributed by atoms with Crippen LogP contribution in [-0.4, -0.2) is 22.7 Å². The molecule has 2 heterocycles. The molecular weight excluding hydrogens is 414 g/mol. The Balaban J connectivity index is 1.87. The molecule has 3 N–H and O–H groups in total. The lowest BCUT2D eigenvalue weighted by Crippen LogP contribution is -2.13. The van der Waals surface area contributed by atoms with Gasteiger partial charge in [-0.25, -0.2) is 18.5 Å². The maximum Gasteiger partial charge on any atom is 0.293 e. The van der Waals surface area contributed by atoms with Crippen molar-refractivity contribution in [2.75, 3.05) is 5.32 Å². The standard InChI is InChI=1S/C14H12BrN5O4S/c15-9-1-4-14-18-10(8-19(14)7-9)6-17-12-3-2-11(25(16,23)24)5-13(12)20(21)22/h1-5,7-8,17H,6H2,(H2,16,23,24). The van der Waals surface area contributed by atoms with Crippen LogP contribution < -0.4 is 10.5 Å². The van der Waals surface area contributed by atoms with Crippen LogP contribution in [0.5, 0.6) is 0 Å². The number of aromatic nitrogens is 2. The number of nitrogens with one attached hydrogen (secondary N) is 1. The number of hydrogen-bond acceptors (Lipinski definition) is 6. The zero-order valence-corrected chi connectivity index (χ0v) is 15.0. The molecule has 0 saturated carbocycles. The lowest BCUT2D eigenvalue weighted by Gasteiger charge is -2.06. The molecule has 0 spiro atoms. The van der Waals surface area contributed by atoms with E-state index >= 15 is 0 Å². The van der Waals surface area contributed by atoms with Gasteiger partial charge in [0.15, 0.2) is 0 Å². The van der Waals surface area contributed by atoms with Crippen molar-refractivity contribution in [2.24, 2.45) is 5.14 Å². The number of nitrogens with zero attached hydrogens (tertiary/aromatic N) is 3. The molecule has 0 aliphatic rings. The number of sulfonamides is 1. The van der Waals surface area contributed by atoms with E-state index in [1.54, 1.807) is 6.20 Å². The van der Waals surface area contributed by atoms with Crippen LogP contribution in [0.15, 0.2) is 52.1 Å². The van der Waals surface area contributed by atoms with E-state index in [2.05, 4.69) is 26.2 Å². The third kappa shape index (κ3) is 3.78. The van der Waals surface area contributed by atoms with Crippen molar-refractivity contribution in [3.05, 3.63) is 63.0 Å². The molecule has 0 fully saturated rings. The molecule has 0 radical (unpaired) electrons. The maximum absolute atomic E-state index is 11.3. The van der Waals surface area contributed by atoms with Crippen molar-refractivity contribution in [2.45, 2.75) is 11.4 Å². The number of halogens is 1. The molecule has 0 bridgehead atoms. The number of fused-ring (bicyclic) bond motifs is 1. The minimum atomic E-state index is -4.02. The quantitative estimate of drug-likeness (QED) is 0.475. The molecule has 0 amide bonds. The number of primary sulfonamides is 1. The molecule has 0 unspecified atom stereocenters. The third-order valence-electron chi connectivity index (χ3n) is 3.42. The molecule has 1 aromatic carbocycles. The number of benzene rings is 1. The van der Waals surface area contributed by atoms with Gasteiger partial charge in [0.25, 0.3) is 5.69 Å². The lowest BCUT2D eigenvalue weighted by atomic mass is 10.2. The Kier molecular flexibility index (Phi) is 4.45. The molecule has 0 aliphatic carbocycles. The number of anilines is 1. The van der Waals surface area contributed by atoms with E-state index in [-0.39, 0.29) is 22.8 Å². The molecule has 9 nitrogen and oxygen atoms in total. The summed E-state index contributed by atoms with van der Waals surface area (Å²) in [6.07, 6.45) is 3.63. The van der Waals surface area contributed by atoms with E-state index in [1.165, 1.54) is 12.1 Å². The summed E-state index contributed by atoms with van der Waals surface area (Å²) in [6, 6.07) is 7.14. The second-order valence-electron chi connectivity index (χ2n) is 5.18. The summed E-state index contributed by atoms with van der Waals surface area (Å²) in [7, 11) is -4.02. The Bertz CT molecular complexity index is 1080. The van der Waals surface area contributed by atoms with Crippen LogP contribution in [0, 0.1) is 10.1 Å². The van der Waals surface area contributed by atoms with Crippen LogP contribution in [0.2, 0.25) is 0 Å². The van der Waals surface area contributed by atoms with Crippen LogP contribution in [0.25, 0.3) is 5.65 Å². The van der Waals surface area contributed by atoms with Gasteiger partial charge < -0.3 is 9.72 Å². The van der Waals surface area contributed by atoms with E-state index in [0.717, 1.165) is 16.2 Å². The zero-order valence-electron chi connectivity index (χ0n) is 12.6. The van der Waals surface area contributed by atoms with Gasteiger partial charge in [-0.15, -0.1) is 0 Å². The predicted molar refractivity (Wildman–Crippen MR) is 94.7 cm³/mol. The predicted octanol–water partition coefficient (Wildman–Crippen LogP) is 2.26. The van der Waals surface area contributed by atoms with Crippen molar-refractivity contribution >= 4 is 43.0 Å². The van der Waals surface area contributed by atoms with Crippen molar-refractivity contribution in [3.8, 4) is 0 Å². The summed E-state index contributed by atoms with van der Waals surface area (Å²) < 4.78 is 25.4. The summed E-state index contributed by atoms with van der Waals surface area (Å²) in [5.74, 6) is 0. The molecule has 25 heavy (non-hydrogen) atoms. The van der Waals surface area contributed by atoms with Gasteiger partial charge in [0, 0.05) is 22.9 Å². The highest BCUT2D eigenvalue weighted by atomic mass is 79.9. The Morgan fingerprint density at radius 2 is 2.04 bits per heavy atom. The molecule has 0 aliphatic heterocycles. The number of hydrogen-bond donors (Lipinski definition) is 2. The molecule has 2 aromatic heterocycles. The number of nitro benzene ring substituents is 1. The minimum absolute atomic E-state index is 0.177. The molecule has 0 atom stereocenters. The van der Waals surface area contributed by atoms with Crippen LogP contribution in [0.1, 0.15) is 5.69 Å². The number of imidazole rings is 1. The van der Waals surface area contributed by atoms with E-state index in [4.69, 9.17) is 5.14 Å². The number of nitro groups is 1. The summed E-state index contributed by atoms with van der Waals surface area (Å²) in [6.45, 7) is 0.231. The Morgan fingerprint density at radius 1 is 1.28 bits per heavy atom.